The molecule has 0 unspecified atom stereocenters. The molecule has 2 heteroatoms. The van der Waals surface area contributed by atoms with Crippen LogP contribution >= 0.6 is 0 Å². The number of Topliss-reactive ketones (excluding diaryl/α,β-unsaturated/α-hetero) is 1. The number of ketones is 1. The molecule has 2 nitrogen and oxygen atoms in total. The van der Waals surface area contributed by atoms with Gasteiger partial charge in [0.15, 0.2) is 0 Å². The fourth-order valence-corrected chi connectivity index (χ4v) is 7.06. The first-order valence-electron chi connectivity index (χ1n) is 9.15. The van der Waals surface area contributed by atoms with Gasteiger partial charge in [-0.15, -0.1) is 0 Å². The lowest BCUT2D eigenvalue weighted by Crippen LogP contribution is -2.56. The van der Waals surface area contributed by atoms with Crippen LogP contribution < -0.4 is 0 Å². The normalized spacial score (nSPS) is 56.5. The molecule has 21 heavy (non-hydrogen) atoms. The largest absolute Gasteiger partial charge is 0.393 e. The van der Waals surface area contributed by atoms with Crippen LogP contribution in [0.2, 0.25) is 0 Å². The number of rotatable bonds is 0. The quantitative estimate of drug-likeness (QED) is 0.733. The monoisotopic (exact) mass is 290 g/mol. The summed E-state index contributed by atoms with van der Waals surface area (Å²) in [5.41, 5.74) is 0.499. The Hall–Kier alpha value is -0.370. The Morgan fingerprint density at radius 2 is 1.90 bits per heavy atom. The molecule has 0 heterocycles. The third kappa shape index (κ3) is 1.90. The molecule has 4 aliphatic carbocycles. The molecule has 4 rings (SSSR count). The molecule has 0 bridgehead atoms. The van der Waals surface area contributed by atoms with Crippen molar-refractivity contribution in [2.45, 2.75) is 77.7 Å². The van der Waals surface area contributed by atoms with E-state index in [-0.39, 0.29) is 11.5 Å². The van der Waals surface area contributed by atoms with E-state index >= 15 is 0 Å². The average Bonchev–Trinajstić information content (AvgIpc) is 2.80. The Kier molecular flexibility index (Phi) is 3.10. The molecule has 4 aliphatic rings. The average molecular weight is 290 g/mol. The van der Waals surface area contributed by atoms with Gasteiger partial charge in [-0.25, -0.2) is 0 Å². The highest BCUT2D eigenvalue weighted by Gasteiger charge is 2.60. The van der Waals surface area contributed by atoms with E-state index in [0.717, 1.165) is 31.6 Å². The predicted octanol–water partition coefficient (Wildman–Crippen LogP) is 3.96. The van der Waals surface area contributed by atoms with Crippen LogP contribution in [0, 0.1) is 34.5 Å². The van der Waals surface area contributed by atoms with Gasteiger partial charge < -0.3 is 5.11 Å². The first-order chi connectivity index (χ1) is 9.94. The molecule has 0 spiro atoms. The van der Waals surface area contributed by atoms with Crippen LogP contribution in [0.3, 0.4) is 0 Å². The number of fused-ring (bicyclic) bond motifs is 5. The van der Waals surface area contributed by atoms with E-state index in [1.807, 2.05) is 0 Å². The van der Waals surface area contributed by atoms with Crippen molar-refractivity contribution in [3.63, 3.8) is 0 Å². The van der Waals surface area contributed by atoms with Crippen LogP contribution in [0.4, 0.5) is 0 Å². The van der Waals surface area contributed by atoms with Crippen molar-refractivity contribution >= 4 is 5.78 Å². The second kappa shape index (κ2) is 4.57. The van der Waals surface area contributed by atoms with Crippen molar-refractivity contribution < 1.29 is 9.90 Å². The molecule has 0 aliphatic heterocycles. The van der Waals surface area contributed by atoms with Gasteiger partial charge in [-0.2, -0.15) is 0 Å². The standard InChI is InChI=1S/C19H30O2/c1-18-8-3-4-15(18)14-6-5-12-10-13(20)7-9-19(12,2)17(14)16(21)11-18/h12-15,17,20H,3-11H2,1-2H3/t12-,13-,14-,15-,17+,18-,19-/m0/s1. The topological polar surface area (TPSA) is 37.3 Å². The number of aliphatic hydroxyl groups excluding tert-OH is 1. The zero-order chi connectivity index (χ0) is 14.8. The lowest BCUT2D eigenvalue weighted by Gasteiger charge is -2.59. The van der Waals surface area contributed by atoms with Crippen molar-refractivity contribution in [2.24, 2.45) is 34.5 Å². The second-order valence-corrected chi connectivity index (χ2v) is 9.15. The minimum absolute atomic E-state index is 0.116. The zero-order valence-corrected chi connectivity index (χ0v) is 13.6. The fourth-order valence-electron chi connectivity index (χ4n) is 7.06. The van der Waals surface area contributed by atoms with Crippen LogP contribution in [-0.2, 0) is 4.79 Å². The lowest BCUT2D eigenvalue weighted by atomic mass is 9.45. The van der Waals surface area contributed by atoms with Crippen LogP contribution in [-0.4, -0.2) is 17.0 Å². The molecule has 0 radical (unpaired) electrons. The van der Waals surface area contributed by atoms with Gasteiger partial charge in [0.2, 0.25) is 0 Å². The number of hydrogen-bond acceptors (Lipinski definition) is 2. The highest BCUT2D eigenvalue weighted by atomic mass is 16.3. The molecule has 4 fully saturated rings. The first-order valence-corrected chi connectivity index (χ1v) is 9.15. The number of carbonyl (C=O) groups excluding carboxylic acids is 1. The van der Waals surface area contributed by atoms with E-state index < -0.39 is 0 Å². The van der Waals surface area contributed by atoms with E-state index in [0.29, 0.717) is 29.0 Å². The molecule has 0 aromatic heterocycles. The minimum Gasteiger partial charge on any atom is -0.393 e. The Labute approximate surface area is 128 Å². The molecule has 7 atom stereocenters. The predicted molar refractivity (Wildman–Crippen MR) is 82.7 cm³/mol. The number of carbonyl (C=O) groups is 1. The van der Waals surface area contributed by atoms with E-state index in [4.69, 9.17) is 0 Å². The molecule has 0 amide bonds. The highest BCUT2D eigenvalue weighted by Crippen LogP contribution is 2.65. The van der Waals surface area contributed by atoms with Gasteiger partial charge in [0.1, 0.15) is 5.78 Å². The van der Waals surface area contributed by atoms with Crippen molar-refractivity contribution in [3.8, 4) is 0 Å². The highest BCUT2D eigenvalue weighted by molar-refractivity contribution is 5.84. The Morgan fingerprint density at radius 1 is 1.10 bits per heavy atom. The third-order valence-corrected chi connectivity index (χ3v) is 8.09. The molecule has 4 saturated carbocycles. The first kappa shape index (κ1) is 14.2. The second-order valence-electron chi connectivity index (χ2n) is 9.15. The van der Waals surface area contributed by atoms with E-state index in [2.05, 4.69) is 13.8 Å². The summed E-state index contributed by atoms with van der Waals surface area (Å²) in [6.45, 7) is 4.77. The van der Waals surface area contributed by atoms with Crippen molar-refractivity contribution in [1.82, 2.24) is 0 Å². The molecule has 0 aromatic rings. The fraction of sp³-hybridized carbons (Fsp3) is 0.947. The molecular weight excluding hydrogens is 260 g/mol. The van der Waals surface area contributed by atoms with Crippen LogP contribution in [0.25, 0.3) is 0 Å². The lowest BCUT2D eigenvalue weighted by molar-refractivity contribution is -0.159. The molecule has 0 aromatic carbocycles. The molecule has 1 N–H and O–H groups in total. The third-order valence-electron chi connectivity index (χ3n) is 8.09. The smallest absolute Gasteiger partial charge is 0.137 e. The Bertz CT molecular complexity index is 458. The van der Waals surface area contributed by atoms with Crippen LogP contribution in [0.1, 0.15) is 71.6 Å². The summed E-state index contributed by atoms with van der Waals surface area (Å²) < 4.78 is 0. The number of hydrogen-bond donors (Lipinski definition) is 1. The van der Waals surface area contributed by atoms with E-state index in [1.165, 1.54) is 32.1 Å². The Balaban J connectivity index is 1.69. The summed E-state index contributed by atoms with van der Waals surface area (Å²) in [6, 6.07) is 0. The maximum atomic E-state index is 13.1. The summed E-state index contributed by atoms with van der Waals surface area (Å²) in [4.78, 5) is 13.1. The SMILES string of the molecule is C[C@@]12CCC[C@H]1[C@@H]1CC[C@H]3C[C@@H](O)CC[C@]3(C)[C@H]1C(=O)C2. The summed E-state index contributed by atoms with van der Waals surface area (Å²) >= 11 is 0. The molecule has 0 saturated heterocycles. The van der Waals surface area contributed by atoms with Gasteiger partial charge in [0.05, 0.1) is 6.10 Å². The van der Waals surface area contributed by atoms with Crippen LogP contribution in [0.15, 0.2) is 0 Å². The molecular formula is C19H30O2. The summed E-state index contributed by atoms with van der Waals surface area (Å²) in [5.74, 6) is 2.90. The van der Waals surface area contributed by atoms with Crippen molar-refractivity contribution in [1.29, 1.82) is 0 Å². The maximum absolute atomic E-state index is 13.1. The zero-order valence-electron chi connectivity index (χ0n) is 13.6. The maximum Gasteiger partial charge on any atom is 0.137 e. The Morgan fingerprint density at radius 3 is 2.71 bits per heavy atom. The van der Waals surface area contributed by atoms with Gasteiger partial charge >= 0.3 is 0 Å². The van der Waals surface area contributed by atoms with Gasteiger partial charge in [0, 0.05) is 12.3 Å². The van der Waals surface area contributed by atoms with E-state index in [9.17, 15) is 9.90 Å². The summed E-state index contributed by atoms with van der Waals surface area (Å²) in [5, 5.41) is 10.0. The van der Waals surface area contributed by atoms with Gasteiger partial charge in [-0.1, -0.05) is 20.3 Å². The van der Waals surface area contributed by atoms with Gasteiger partial charge in [-0.05, 0) is 73.5 Å². The van der Waals surface area contributed by atoms with Crippen molar-refractivity contribution in [2.75, 3.05) is 0 Å². The molecule has 118 valence electrons. The van der Waals surface area contributed by atoms with Crippen molar-refractivity contribution in [3.05, 3.63) is 0 Å². The van der Waals surface area contributed by atoms with Crippen LogP contribution in [0.5, 0.6) is 0 Å². The van der Waals surface area contributed by atoms with E-state index in [1.54, 1.807) is 0 Å². The number of aliphatic hydroxyl groups is 1. The summed E-state index contributed by atoms with van der Waals surface area (Å²) in [7, 11) is 0. The summed E-state index contributed by atoms with van der Waals surface area (Å²) in [6.07, 6.45) is 10.1. The van der Waals surface area contributed by atoms with Gasteiger partial charge in [0.25, 0.3) is 0 Å². The minimum atomic E-state index is -0.116. The van der Waals surface area contributed by atoms with Gasteiger partial charge in [-0.3, -0.25) is 4.79 Å².